The van der Waals surface area contributed by atoms with Crippen LogP contribution >= 0.6 is 0 Å². The first kappa shape index (κ1) is 13.9. The van der Waals surface area contributed by atoms with E-state index in [0.717, 1.165) is 0 Å². The van der Waals surface area contributed by atoms with Gasteiger partial charge in [-0.2, -0.15) is 0 Å². The highest BCUT2D eigenvalue weighted by Crippen LogP contribution is 2.06. The summed E-state index contributed by atoms with van der Waals surface area (Å²) in [6.45, 7) is 3.60. The second-order valence-electron chi connectivity index (χ2n) is 4.17. The Morgan fingerprint density at radius 3 is 2.39 bits per heavy atom. The lowest BCUT2D eigenvalue weighted by atomic mass is 10.0. The first-order valence-electron chi connectivity index (χ1n) is 5.48. The van der Waals surface area contributed by atoms with Crippen LogP contribution in [0.3, 0.4) is 0 Å². The Kier molecular flexibility index (Phi) is 4.61. The molecule has 7 nitrogen and oxygen atoms in total. The molecule has 18 heavy (non-hydrogen) atoms. The number of nitrogens with zero attached hydrogens (tertiary/aromatic N) is 1. The predicted molar refractivity (Wildman–Crippen MR) is 67.3 cm³/mol. The van der Waals surface area contributed by atoms with Gasteiger partial charge in [-0.15, -0.1) is 0 Å². The largest absolute Gasteiger partial charge is 0.368 e. The second-order valence-corrected chi connectivity index (χ2v) is 4.17. The number of anilines is 1. The Morgan fingerprint density at radius 1 is 1.33 bits per heavy atom. The molecule has 98 valence electrons. The molecule has 7 heteroatoms. The van der Waals surface area contributed by atoms with Gasteiger partial charge >= 0.3 is 0 Å². The van der Waals surface area contributed by atoms with Gasteiger partial charge in [0, 0.05) is 6.20 Å². The Balaban J connectivity index is 2.77. The van der Waals surface area contributed by atoms with Gasteiger partial charge in [0.25, 0.3) is 5.91 Å². The maximum absolute atomic E-state index is 11.9. The highest BCUT2D eigenvalue weighted by atomic mass is 16.2. The van der Waals surface area contributed by atoms with Crippen LogP contribution in [0, 0.1) is 5.92 Å². The summed E-state index contributed by atoms with van der Waals surface area (Å²) in [7, 11) is 0. The fraction of sp³-hybridized carbons (Fsp3) is 0.364. The summed E-state index contributed by atoms with van der Waals surface area (Å²) in [5.41, 5.74) is 7.90. The SMILES string of the molecule is CC(C)C(NC(=O)c1ccc(NN)nc1)C(N)=O. The number of nitrogens with two attached hydrogens (primary N) is 2. The van der Waals surface area contributed by atoms with Crippen LogP contribution < -0.4 is 22.3 Å². The molecule has 6 N–H and O–H groups in total. The van der Waals surface area contributed by atoms with Crippen molar-refractivity contribution in [3.05, 3.63) is 23.9 Å². The normalized spacial score (nSPS) is 12.0. The number of aromatic nitrogens is 1. The van der Waals surface area contributed by atoms with E-state index in [9.17, 15) is 9.59 Å². The van der Waals surface area contributed by atoms with Gasteiger partial charge < -0.3 is 16.5 Å². The molecule has 1 rings (SSSR count). The molecule has 1 aromatic heterocycles. The molecular weight excluding hydrogens is 234 g/mol. The summed E-state index contributed by atoms with van der Waals surface area (Å²) in [6.07, 6.45) is 1.36. The van der Waals surface area contributed by atoms with Crippen molar-refractivity contribution in [1.82, 2.24) is 10.3 Å². The summed E-state index contributed by atoms with van der Waals surface area (Å²) < 4.78 is 0. The molecule has 0 aliphatic carbocycles. The summed E-state index contributed by atoms with van der Waals surface area (Å²) in [5.74, 6) is 4.57. The molecule has 1 atom stereocenters. The highest BCUT2D eigenvalue weighted by Gasteiger charge is 2.22. The van der Waals surface area contributed by atoms with Crippen LogP contribution in [0.2, 0.25) is 0 Å². The number of carbonyl (C=O) groups is 2. The van der Waals surface area contributed by atoms with E-state index < -0.39 is 17.9 Å². The summed E-state index contributed by atoms with van der Waals surface area (Å²) >= 11 is 0. The molecule has 0 aliphatic heterocycles. The van der Waals surface area contributed by atoms with E-state index in [-0.39, 0.29) is 5.92 Å². The summed E-state index contributed by atoms with van der Waals surface area (Å²) in [4.78, 5) is 26.9. The van der Waals surface area contributed by atoms with E-state index in [1.165, 1.54) is 6.20 Å². The minimum absolute atomic E-state index is 0.0793. The number of hydrazine groups is 1. The minimum atomic E-state index is -0.704. The van der Waals surface area contributed by atoms with Gasteiger partial charge in [0.1, 0.15) is 11.9 Å². The molecular formula is C11H17N5O2. The lowest BCUT2D eigenvalue weighted by Crippen LogP contribution is -2.47. The number of hydrogen-bond acceptors (Lipinski definition) is 5. The molecule has 1 unspecified atom stereocenters. The van der Waals surface area contributed by atoms with Crippen molar-refractivity contribution in [2.75, 3.05) is 5.43 Å². The number of nitrogen functional groups attached to an aromatic ring is 1. The van der Waals surface area contributed by atoms with Crippen molar-refractivity contribution in [3.63, 3.8) is 0 Å². The number of amides is 2. The van der Waals surface area contributed by atoms with E-state index in [4.69, 9.17) is 11.6 Å². The monoisotopic (exact) mass is 251 g/mol. The van der Waals surface area contributed by atoms with Gasteiger partial charge in [-0.1, -0.05) is 13.8 Å². The molecule has 0 saturated heterocycles. The highest BCUT2D eigenvalue weighted by molar-refractivity contribution is 5.97. The maximum atomic E-state index is 11.9. The Labute approximate surface area is 105 Å². The van der Waals surface area contributed by atoms with Gasteiger partial charge in [0.2, 0.25) is 5.91 Å². The second kappa shape index (κ2) is 5.97. The number of carbonyl (C=O) groups excluding carboxylic acids is 2. The van der Waals surface area contributed by atoms with E-state index in [2.05, 4.69) is 15.7 Å². The number of rotatable bonds is 5. The topological polar surface area (TPSA) is 123 Å². The van der Waals surface area contributed by atoms with Crippen LogP contribution in [0.4, 0.5) is 5.82 Å². The molecule has 1 aromatic rings. The van der Waals surface area contributed by atoms with E-state index in [1.807, 2.05) is 0 Å². The first-order chi connectivity index (χ1) is 8.45. The third kappa shape index (κ3) is 3.42. The molecule has 1 heterocycles. The zero-order valence-corrected chi connectivity index (χ0v) is 10.3. The lowest BCUT2D eigenvalue weighted by Gasteiger charge is -2.18. The number of primary amides is 1. The average molecular weight is 251 g/mol. The van der Waals surface area contributed by atoms with Crippen molar-refractivity contribution in [2.24, 2.45) is 17.5 Å². The Morgan fingerprint density at radius 2 is 2.00 bits per heavy atom. The van der Waals surface area contributed by atoms with Crippen molar-refractivity contribution in [2.45, 2.75) is 19.9 Å². The summed E-state index contributed by atoms with van der Waals surface area (Å²) in [6, 6.07) is 2.41. The molecule has 0 aliphatic rings. The van der Waals surface area contributed by atoms with Crippen molar-refractivity contribution in [1.29, 1.82) is 0 Å². The zero-order valence-electron chi connectivity index (χ0n) is 10.3. The van der Waals surface area contributed by atoms with Crippen LogP contribution in [0.1, 0.15) is 24.2 Å². The molecule has 0 saturated carbocycles. The van der Waals surface area contributed by atoms with Gasteiger partial charge in [-0.05, 0) is 18.1 Å². The minimum Gasteiger partial charge on any atom is -0.368 e. The van der Waals surface area contributed by atoms with E-state index >= 15 is 0 Å². The zero-order chi connectivity index (χ0) is 13.7. The summed E-state index contributed by atoms with van der Waals surface area (Å²) in [5, 5.41) is 2.56. The van der Waals surface area contributed by atoms with Crippen LogP contribution in [0.5, 0.6) is 0 Å². The fourth-order valence-electron chi connectivity index (χ4n) is 1.40. The van der Waals surface area contributed by atoms with Gasteiger partial charge in [-0.25, -0.2) is 10.8 Å². The van der Waals surface area contributed by atoms with Gasteiger partial charge in [-0.3, -0.25) is 9.59 Å². The predicted octanol–water partition coefficient (Wildman–Crippen LogP) is -0.393. The number of nitrogens with one attached hydrogen (secondary N) is 2. The van der Waals surface area contributed by atoms with Crippen molar-refractivity contribution in [3.8, 4) is 0 Å². The number of hydrogen-bond donors (Lipinski definition) is 4. The Bertz CT molecular complexity index is 430. The maximum Gasteiger partial charge on any atom is 0.253 e. The third-order valence-corrected chi connectivity index (χ3v) is 2.43. The quantitative estimate of drug-likeness (QED) is 0.419. The van der Waals surface area contributed by atoms with Crippen LogP contribution in [-0.2, 0) is 4.79 Å². The van der Waals surface area contributed by atoms with E-state index in [0.29, 0.717) is 11.4 Å². The van der Waals surface area contributed by atoms with Crippen molar-refractivity contribution >= 4 is 17.6 Å². The van der Waals surface area contributed by atoms with Crippen LogP contribution in [0.15, 0.2) is 18.3 Å². The van der Waals surface area contributed by atoms with Crippen molar-refractivity contribution < 1.29 is 9.59 Å². The number of pyridine rings is 1. The standard InChI is InChI=1S/C11H17N5O2/c1-6(2)9(10(12)17)15-11(18)7-3-4-8(16-13)14-5-7/h3-6,9H,13H2,1-2H3,(H2,12,17)(H,14,16)(H,15,18). The van der Waals surface area contributed by atoms with Gasteiger partial charge in [0.15, 0.2) is 0 Å². The third-order valence-electron chi connectivity index (χ3n) is 2.43. The van der Waals surface area contributed by atoms with Gasteiger partial charge in [0.05, 0.1) is 5.56 Å². The van der Waals surface area contributed by atoms with E-state index in [1.54, 1.807) is 26.0 Å². The molecule has 0 radical (unpaired) electrons. The Hall–Kier alpha value is -2.15. The fourth-order valence-corrected chi connectivity index (χ4v) is 1.40. The molecule has 0 fully saturated rings. The smallest absolute Gasteiger partial charge is 0.253 e. The first-order valence-corrected chi connectivity index (χ1v) is 5.48. The van der Waals surface area contributed by atoms with Crippen LogP contribution in [0.25, 0.3) is 0 Å². The molecule has 0 spiro atoms. The molecule has 0 bridgehead atoms. The average Bonchev–Trinajstić information content (AvgIpc) is 2.35. The molecule has 2 amide bonds. The van der Waals surface area contributed by atoms with Crippen LogP contribution in [-0.4, -0.2) is 22.8 Å². The lowest BCUT2D eigenvalue weighted by molar-refractivity contribution is -0.120. The molecule has 0 aromatic carbocycles.